The van der Waals surface area contributed by atoms with E-state index in [4.69, 9.17) is 18.9 Å². The predicted molar refractivity (Wildman–Crippen MR) is 106 cm³/mol. The van der Waals surface area contributed by atoms with Gasteiger partial charge in [-0.15, -0.1) is 0 Å². The van der Waals surface area contributed by atoms with Crippen LogP contribution in [0.5, 0.6) is 23.0 Å². The fourth-order valence-corrected chi connectivity index (χ4v) is 4.61. The third-order valence-corrected chi connectivity index (χ3v) is 5.96. The topological polar surface area (TPSA) is 77.5 Å². The third-order valence-electron chi connectivity index (χ3n) is 5.96. The molecule has 0 unspecified atom stereocenters. The molecule has 0 bridgehead atoms. The van der Waals surface area contributed by atoms with Gasteiger partial charge in [-0.05, 0) is 59.4 Å². The SMILES string of the molecule is COc1cc2c(cc1OC)[C@@H]1Cc3cc(OC)c(OC)cc3[C@H](C(=O)O)N1CC2. The number of benzene rings is 2. The van der Waals surface area contributed by atoms with Gasteiger partial charge >= 0.3 is 5.97 Å². The highest BCUT2D eigenvalue weighted by molar-refractivity contribution is 5.78. The summed E-state index contributed by atoms with van der Waals surface area (Å²) in [6, 6.07) is 6.88. The standard InChI is InChI=1S/C22H25NO6/c1-26-17-8-12-5-6-23-16(14(12)10-19(17)28-3)7-13-9-18(27-2)20(29-4)11-15(13)21(23)22(24)25/h8-11,16,21H,5-7H2,1-4H3,(H,24,25)/t16-,21+/m0/s1. The molecule has 0 aliphatic carbocycles. The monoisotopic (exact) mass is 399 g/mol. The average molecular weight is 399 g/mol. The van der Waals surface area contributed by atoms with E-state index in [0.29, 0.717) is 36.0 Å². The Labute approximate surface area is 169 Å². The lowest BCUT2D eigenvalue weighted by Crippen LogP contribution is -2.45. The Bertz CT molecular complexity index is 957. The molecule has 0 radical (unpaired) electrons. The minimum absolute atomic E-state index is 0.0646. The molecule has 0 amide bonds. The van der Waals surface area contributed by atoms with Crippen LogP contribution in [0.1, 0.15) is 34.3 Å². The van der Waals surface area contributed by atoms with Gasteiger partial charge in [0.25, 0.3) is 0 Å². The van der Waals surface area contributed by atoms with Crippen molar-refractivity contribution in [1.82, 2.24) is 4.90 Å². The normalized spacial score (nSPS) is 20.1. The first-order valence-corrected chi connectivity index (χ1v) is 9.50. The number of carbonyl (C=O) groups is 1. The molecule has 2 atom stereocenters. The van der Waals surface area contributed by atoms with Crippen molar-refractivity contribution in [2.75, 3.05) is 35.0 Å². The minimum Gasteiger partial charge on any atom is -0.493 e. The fourth-order valence-electron chi connectivity index (χ4n) is 4.61. The van der Waals surface area contributed by atoms with E-state index in [2.05, 4.69) is 4.90 Å². The van der Waals surface area contributed by atoms with Crippen molar-refractivity contribution in [2.24, 2.45) is 0 Å². The molecule has 0 aromatic heterocycles. The quantitative estimate of drug-likeness (QED) is 0.828. The molecular weight excluding hydrogens is 374 g/mol. The molecule has 4 rings (SSSR count). The predicted octanol–water partition coefficient (Wildman–Crippen LogP) is 3.00. The lowest BCUT2D eigenvalue weighted by Gasteiger charge is -2.45. The number of carboxylic acids is 1. The van der Waals surface area contributed by atoms with Crippen LogP contribution in [0.4, 0.5) is 0 Å². The fraction of sp³-hybridized carbons (Fsp3) is 0.409. The Morgan fingerprint density at radius 2 is 1.38 bits per heavy atom. The van der Waals surface area contributed by atoms with Gasteiger partial charge in [0.05, 0.1) is 28.4 Å². The molecule has 7 heteroatoms. The van der Waals surface area contributed by atoms with Crippen LogP contribution >= 0.6 is 0 Å². The van der Waals surface area contributed by atoms with Gasteiger partial charge in [0, 0.05) is 12.6 Å². The Balaban J connectivity index is 1.86. The molecule has 0 saturated heterocycles. The summed E-state index contributed by atoms with van der Waals surface area (Å²) in [5, 5.41) is 10.1. The van der Waals surface area contributed by atoms with Crippen molar-refractivity contribution < 1.29 is 28.8 Å². The molecule has 2 aromatic carbocycles. The number of ether oxygens (including phenoxy) is 4. The van der Waals surface area contributed by atoms with Gasteiger partial charge in [0.1, 0.15) is 6.04 Å². The number of carboxylic acid groups (broad SMARTS) is 1. The number of hydrogen-bond acceptors (Lipinski definition) is 6. The summed E-state index contributed by atoms with van der Waals surface area (Å²) >= 11 is 0. The minimum atomic E-state index is -0.868. The van der Waals surface area contributed by atoms with Crippen molar-refractivity contribution in [3.05, 3.63) is 46.5 Å². The summed E-state index contributed by atoms with van der Waals surface area (Å²) < 4.78 is 21.8. The lowest BCUT2D eigenvalue weighted by atomic mass is 9.80. The Morgan fingerprint density at radius 1 is 0.862 bits per heavy atom. The van der Waals surface area contributed by atoms with Crippen LogP contribution in [-0.2, 0) is 17.6 Å². The molecule has 1 N–H and O–H groups in total. The molecule has 2 heterocycles. The first-order chi connectivity index (χ1) is 14.0. The van der Waals surface area contributed by atoms with Crippen LogP contribution < -0.4 is 18.9 Å². The van der Waals surface area contributed by atoms with Crippen LogP contribution in [0.15, 0.2) is 24.3 Å². The van der Waals surface area contributed by atoms with Crippen LogP contribution in [-0.4, -0.2) is 51.0 Å². The molecule has 7 nitrogen and oxygen atoms in total. The van der Waals surface area contributed by atoms with Gasteiger partial charge in [0.15, 0.2) is 23.0 Å². The summed E-state index contributed by atoms with van der Waals surface area (Å²) in [6.45, 7) is 0.651. The Morgan fingerprint density at radius 3 is 1.93 bits per heavy atom. The summed E-state index contributed by atoms with van der Waals surface area (Å²) in [5.74, 6) is 1.62. The molecule has 2 aliphatic heterocycles. The maximum Gasteiger partial charge on any atom is 0.325 e. The number of methoxy groups -OCH3 is 4. The molecule has 0 spiro atoms. The van der Waals surface area contributed by atoms with E-state index in [0.717, 1.165) is 28.7 Å². The average Bonchev–Trinajstić information content (AvgIpc) is 2.74. The second kappa shape index (κ2) is 7.48. The smallest absolute Gasteiger partial charge is 0.325 e. The number of hydrogen-bond donors (Lipinski definition) is 1. The maximum absolute atomic E-state index is 12.3. The maximum atomic E-state index is 12.3. The summed E-state index contributed by atoms with van der Waals surface area (Å²) in [6.07, 6.45) is 1.43. The van der Waals surface area contributed by atoms with Crippen LogP contribution in [0.25, 0.3) is 0 Å². The van der Waals surface area contributed by atoms with E-state index in [1.807, 2.05) is 18.2 Å². The molecule has 2 aromatic rings. The molecule has 0 fully saturated rings. The summed E-state index contributed by atoms with van der Waals surface area (Å²) in [4.78, 5) is 14.4. The van der Waals surface area contributed by atoms with E-state index in [9.17, 15) is 9.90 Å². The number of aliphatic carboxylic acids is 1. The summed E-state index contributed by atoms with van der Waals surface area (Å²) in [5.41, 5.74) is 3.96. The second-order valence-corrected chi connectivity index (χ2v) is 7.26. The number of fused-ring (bicyclic) bond motifs is 4. The number of rotatable bonds is 5. The van der Waals surface area contributed by atoms with Crippen molar-refractivity contribution in [3.8, 4) is 23.0 Å². The third kappa shape index (κ3) is 3.06. The molecule has 154 valence electrons. The molecule has 2 aliphatic rings. The lowest BCUT2D eigenvalue weighted by molar-refractivity contribution is -0.145. The zero-order valence-corrected chi connectivity index (χ0v) is 17.0. The second-order valence-electron chi connectivity index (χ2n) is 7.26. The van der Waals surface area contributed by atoms with Crippen molar-refractivity contribution in [3.63, 3.8) is 0 Å². The van der Waals surface area contributed by atoms with Gasteiger partial charge in [-0.2, -0.15) is 0 Å². The van der Waals surface area contributed by atoms with E-state index in [1.165, 1.54) is 0 Å². The summed E-state index contributed by atoms with van der Waals surface area (Å²) in [7, 11) is 6.37. The van der Waals surface area contributed by atoms with E-state index >= 15 is 0 Å². The van der Waals surface area contributed by atoms with Gasteiger partial charge in [-0.1, -0.05) is 0 Å². The first kappa shape index (κ1) is 19.4. The number of nitrogens with zero attached hydrogens (tertiary/aromatic N) is 1. The zero-order chi connectivity index (χ0) is 20.7. The highest BCUT2D eigenvalue weighted by Crippen LogP contribution is 2.48. The Hall–Kier alpha value is -2.93. The zero-order valence-electron chi connectivity index (χ0n) is 17.0. The molecule has 29 heavy (non-hydrogen) atoms. The first-order valence-electron chi connectivity index (χ1n) is 9.50. The van der Waals surface area contributed by atoms with E-state index in [-0.39, 0.29) is 6.04 Å². The van der Waals surface area contributed by atoms with Gasteiger partial charge in [0.2, 0.25) is 0 Å². The van der Waals surface area contributed by atoms with Crippen molar-refractivity contribution in [1.29, 1.82) is 0 Å². The van der Waals surface area contributed by atoms with Gasteiger partial charge < -0.3 is 24.1 Å². The molecule has 0 saturated carbocycles. The Kier molecular flexibility index (Phi) is 5.00. The van der Waals surface area contributed by atoms with E-state index in [1.54, 1.807) is 34.5 Å². The van der Waals surface area contributed by atoms with Crippen LogP contribution in [0.2, 0.25) is 0 Å². The van der Waals surface area contributed by atoms with Crippen molar-refractivity contribution >= 4 is 5.97 Å². The highest BCUT2D eigenvalue weighted by atomic mass is 16.5. The van der Waals surface area contributed by atoms with Crippen molar-refractivity contribution in [2.45, 2.75) is 24.9 Å². The molecular formula is C22H25NO6. The largest absolute Gasteiger partial charge is 0.493 e. The van der Waals surface area contributed by atoms with Gasteiger partial charge in [-0.3, -0.25) is 9.69 Å². The highest BCUT2D eigenvalue weighted by Gasteiger charge is 2.42. The van der Waals surface area contributed by atoms with E-state index < -0.39 is 12.0 Å². The van der Waals surface area contributed by atoms with Crippen LogP contribution in [0.3, 0.4) is 0 Å². The van der Waals surface area contributed by atoms with Crippen LogP contribution in [0, 0.1) is 0 Å². The van der Waals surface area contributed by atoms with Gasteiger partial charge in [-0.25, -0.2) is 0 Å².